The zero-order chi connectivity index (χ0) is 16.0. The molecule has 1 heterocycles. The number of hydrogen-bond acceptors (Lipinski definition) is 4. The highest BCUT2D eigenvalue weighted by molar-refractivity contribution is 7.89. The third-order valence-corrected chi connectivity index (χ3v) is 5.55. The first-order chi connectivity index (χ1) is 10.6. The second kappa shape index (κ2) is 7.94. The number of methoxy groups -OCH3 is 1. The maximum Gasteiger partial charge on any atom is 0.211 e. The first-order valence-corrected chi connectivity index (χ1v) is 9.56. The summed E-state index contributed by atoms with van der Waals surface area (Å²) in [5.41, 5.74) is 1.10. The van der Waals surface area contributed by atoms with Gasteiger partial charge in [-0.3, -0.25) is 4.90 Å². The molecule has 1 saturated heterocycles. The fraction of sp³-hybridized carbons (Fsp3) is 0.625. The Kier molecular flexibility index (Phi) is 6.23. The Morgan fingerprint density at radius 2 is 2.00 bits per heavy atom. The van der Waals surface area contributed by atoms with Gasteiger partial charge in [-0.2, -0.15) is 0 Å². The number of benzene rings is 1. The van der Waals surface area contributed by atoms with Crippen molar-refractivity contribution in [1.82, 2.24) is 9.62 Å². The summed E-state index contributed by atoms with van der Waals surface area (Å²) in [6.45, 7) is 4.08. The topological polar surface area (TPSA) is 58.6 Å². The van der Waals surface area contributed by atoms with Crippen LogP contribution < -0.4 is 9.46 Å². The molecule has 1 fully saturated rings. The van der Waals surface area contributed by atoms with Crippen molar-refractivity contribution in [2.75, 3.05) is 32.5 Å². The molecule has 1 atom stereocenters. The molecule has 0 spiro atoms. The first-order valence-electron chi connectivity index (χ1n) is 7.91. The Labute approximate surface area is 133 Å². The summed E-state index contributed by atoms with van der Waals surface area (Å²) in [7, 11) is -1.54. The highest BCUT2D eigenvalue weighted by atomic mass is 32.2. The summed E-state index contributed by atoms with van der Waals surface area (Å²) in [4.78, 5) is 2.37. The molecular formula is C16H26N2O3S. The van der Waals surface area contributed by atoms with E-state index in [0.717, 1.165) is 24.4 Å². The van der Waals surface area contributed by atoms with Crippen LogP contribution in [0.3, 0.4) is 0 Å². The van der Waals surface area contributed by atoms with Crippen molar-refractivity contribution >= 4 is 10.0 Å². The molecule has 1 aromatic carbocycles. The van der Waals surface area contributed by atoms with Gasteiger partial charge in [-0.1, -0.05) is 18.6 Å². The second-order valence-electron chi connectivity index (χ2n) is 5.64. The number of likely N-dealkylation sites (tertiary alicyclic amines) is 1. The van der Waals surface area contributed by atoms with Crippen LogP contribution in [-0.4, -0.2) is 45.8 Å². The van der Waals surface area contributed by atoms with Crippen LogP contribution in [0, 0.1) is 0 Å². The molecule has 0 saturated carbocycles. The van der Waals surface area contributed by atoms with Gasteiger partial charge in [0.1, 0.15) is 5.75 Å². The molecule has 5 nitrogen and oxygen atoms in total. The van der Waals surface area contributed by atoms with Crippen molar-refractivity contribution in [2.45, 2.75) is 32.2 Å². The maximum absolute atomic E-state index is 11.8. The van der Waals surface area contributed by atoms with E-state index in [1.165, 1.54) is 19.3 Å². The monoisotopic (exact) mass is 326 g/mol. The fourth-order valence-electron chi connectivity index (χ4n) is 2.84. The summed E-state index contributed by atoms with van der Waals surface area (Å²) >= 11 is 0. The lowest BCUT2D eigenvalue weighted by Gasteiger charge is -2.35. The second-order valence-corrected chi connectivity index (χ2v) is 7.74. The van der Waals surface area contributed by atoms with E-state index in [-0.39, 0.29) is 11.8 Å². The van der Waals surface area contributed by atoms with Gasteiger partial charge in [0.25, 0.3) is 0 Å². The van der Waals surface area contributed by atoms with Gasteiger partial charge in [-0.15, -0.1) is 0 Å². The molecule has 1 N–H and O–H groups in total. The highest BCUT2D eigenvalue weighted by Crippen LogP contribution is 2.26. The predicted molar refractivity (Wildman–Crippen MR) is 88.6 cm³/mol. The van der Waals surface area contributed by atoms with Crippen LogP contribution in [0.15, 0.2) is 24.3 Å². The standard InChI is InChI=1S/C16H26N2O3S/c1-3-22(19,20)17-13-16(18-10-5-4-6-11-18)14-8-7-9-15(12-14)21-2/h7-9,12,16-17H,3-6,10-11,13H2,1-2H3. The first kappa shape index (κ1) is 17.2. The van der Waals surface area contributed by atoms with E-state index in [1.807, 2.05) is 24.3 Å². The molecule has 124 valence electrons. The molecule has 1 aromatic rings. The lowest BCUT2D eigenvalue weighted by atomic mass is 10.0. The lowest BCUT2D eigenvalue weighted by Crippen LogP contribution is -2.41. The number of sulfonamides is 1. The van der Waals surface area contributed by atoms with E-state index in [9.17, 15) is 8.42 Å². The molecule has 0 aromatic heterocycles. The van der Waals surface area contributed by atoms with Gasteiger partial charge >= 0.3 is 0 Å². The van der Waals surface area contributed by atoms with E-state index in [0.29, 0.717) is 6.54 Å². The summed E-state index contributed by atoms with van der Waals surface area (Å²) in [5.74, 6) is 0.913. The SMILES string of the molecule is CCS(=O)(=O)NCC(c1cccc(OC)c1)N1CCCCC1. The number of nitrogens with zero attached hydrogens (tertiary/aromatic N) is 1. The Balaban J connectivity index is 2.19. The van der Waals surface area contributed by atoms with Crippen LogP contribution in [0.4, 0.5) is 0 Å². The lowest BCUT2D eigenvalue weighted by molar-refractivity contribution is 0.164. The average Bonchev–Trinajstić information content (AvgIpc) is 2.56. The molecule has 1 unspecified atom stereocenters. The van der Waals surface area contributed by atoms with Crippen LogP contribution in [0.2, 0.25) is 0 Å². The quantitative estimate of drug-likeness (QED) is 0.834. The summed E-state index contributed by atoms with van der Waals surface area (Å²) < 4.78 is 31.6. The van der Waals surface area contributed by atoms with Crippen molar-refractivity contribution in [3.63, 3.8) is 0 Å². The van der Waals surface area contributed by atoms with Gasteiger partial charge < -0.3 is 4.74 Å². The van der Waals surface area contributed by atoms with Crippen molar-refractivity contribution < 1.29 is 13.2 Å². The van der Waals surface area contributed by atoms with Gasteiger partial charge in [0.15, 0.2) is 0 Å². The van der Waals surface area contributed by atoms with E-state index >= 15 is 0 Å². The van der Waals surface area contributed by atoms with Crippen molar-refractivity contribution in [3.05, 3.63) is 29.8 Å². The molecule has 1 aliphatic heterocycles. The maximum atomic E-state index is 11.8. The van der Waals surface area contributed by atoms with Crippen LogP contribution in [0.5, 0.6) is 5.75 Å². The van der Waals surface area contributed by atoms with Crippen molar-refractivity contribution in [2.24, 2.45) is 0 Å². The van der Waals surface area contributed by atoms with Gasteiger partial charge in [0, 0.05) is 12.6 Å². The molecule has 22 heavy (non-hydrogen) atoms. The molecule has 2 rings (SSSR count). The van der Waals surface area contributed by atoms with Gasteiger partial charge in [0.05, 0.1) is 12.9 Å². The number of ether oxygens (including phenoxy) is 1. The van der Waals surface area contributed by atoms with Crippen LogP contribution in [-0.2, 0) is 10.0 Å². The fourth-order valence-corrected chi connectivity index (χ4v) is 3.46. The van der Waals surface area contributed by atoms with E-state index in [4.69, 9.17) is 4.74 Å². The predicted octanol–water partition coefficient (Wildman–Crippen LogP) is 2.16. The highest BCUT2D eigenvalue weighted by Gasteiger charge is 2.24. The normalized spacial score (nSPS) is 18.1. The number of piperidine rings is 1. The zero-order valence-corrected chi connectivity index (χ0v) is 14.2. The average molecular weight is 326 g/mol. The van der Waals surface area contributed by atoms with Gasteiger partial charge in [0.2, 0.25) is 10.0 Å². The molecule has 0 amide bonds. The van der Waals surface area contributed by atoms with Crippen molar-refractivity contribution in [3.8, 4) is 5.75 Å². The summed E-state index contributed by atoms with van der Waals surface area (Å²) in [5, 5.41) is 0. The van der Waals surface area contributed by atoms with Crippen LogP contribution in [0.25, 0.3) is 0 Å². The van der Waals surface area contributed by atoms with Crippen LogP contribution in [0.1, 0.15) is 37.8 Å². The summed E-state index contributed by atoms with van der Waals surface area (Å²) in [6.07, 6.45) is 3.59. The molecule has 0 aliphatic carbocycles. The van der Waals surface area contributed by atoms with E-state index in [2.05, 4.69) is 9.62 Å². The van der Waals surface area contributed by atoms with E-state index in [1.54, 1.807) is 14.0 Å². The minimum Gasteiger partial charge on any atom is -0.497 e. The van der Waals surface area contributed by atoms with Crippen LogP contribution >= 0.6 is 0 Å². The Bertz CT molecular complexity index is 569. The largest absolute Gasteiger partial charge is 0.497 e. The minimum absolute atomic E-state index is 0.0525. The minimum atomic E-state index is -3.18. The van der Waals surface area contributed by atoms with Gasteiger partial charge in [-0.05, 0) is 50.6 Å². The zero-order valence-electron chi connectivity index (χ0n) is 13.4. The molecule has 1 aliphatic rings. The molecular weight excluding hydrogens is 300 g/mol. The molecule has 6 heteroatoms. The Hall–Kier alpha value is -1.11. The third kappa shape index (κ3) is 4.69. The molecule has 0 bridgehead atoms. The van der Waals surface area contributed by atoms with Crippen molar-refractivity contribution in [1.29, 1.82) is 0 Å². The van der Waals surface area contributed by atoms with Gasteiger partial charge in [-0.25, -0.2) is 13.1 Å². The number of rotatable bonds is 7. The Morgan fingerprint density at radius 1 is 1.27 bits per heavy atom. The summed E-state index contributed by atoms with van der Waals surface area (Å²) in [6, 6.07) is 7.96. The Morgan fingerprint density at radius 3 is 2.64 bits per heavy atom. The van der Waals surface area contributed by atoms with E-state index < -0.39 is 10.0 Å². The number of nitrogens with one attached hydrogen (secondary N) is 1. The number of hydrogen-bond donors (Lipinski definition) is 1. The molecule has 0 radical (unpaired) electrons. The third-order valence-electron chi connectivity index (χ3n) is 4.19. The smallest absolute Gasteiger partial charge is 0.211 e.